The molecule has 0 unspecified atom stereocenters. The van der Waals surface area contributed by atoms with E-state index in [1.54, 1.807) is 25.1 Å². The Hall–Kier alpha value is -3.69. The zero-order chi connectivity index (χ0) is 23.4. The minimum absolute atomic E-state index is 0.100. The monoisotopic (exact) mass is 454 g/mol. The van der Waals surface area contributed by atoms with E-state index >= 15 is 0 Å². The van der Waals surface area contributed by atoms with E-state index in [-0.39, 0.29) is 12.4 Å². The second kappa shape index (κ2) is 9.85. The number of benzene rings is 4. The molecule has 4 aromatic rings. The first-order chi connectivity index (χ1) is 16.0. The van der Waals surface area contributed by atoms with Crippen LogP contribution in [0.2, 0.25) is 5.02 Å². The summed E-state index contributed by atoms with van der Waals surface area (Å²) in [5.41, 5.74) is 5.68. The van der Waals surface area contributed by atoms with Crippen LogP contribution in [-0.4, -0.2) is 18.4 Å². The number of ketones is 1. The molecular formula is C29H23ClO3. The molecule has 3 nitrogen and oxygen atoms in total. The van der Waals surface area contributed by atoms with Gasteiger partial charge in [-0.3, -0.25) is 4.79 Å². The summed E-state index contributed by atoms with van der Waals surface area (Å²) in [5, 5.41) is 0.495. The molecule has 0 atom stereocenters. The fourth-order valence-corrected chi connectivity index (χ4v) is 4.22. The van der Waals surface area contributed by atoms with Crippen LogP contribution in [0.4, 0.5) is 0 Å². The van der Waals surface area contributed by atoms with Crippen molar-refractivity contribution < 1.29 is 14.3 Å². The average molecular weight is 455 g/mol. The molecule has 0 bridgehead atoms. The maximum absolute atomic E-state index is 13.0. The Balaban J connectivity index is 2.04. The number of carbonyl (C=O) groups excluding carboxylic acids is 2. The zero-order valence-electron chi connectivity index (χ0n) is 18.5. The summed E-state index contributed by atoms with van der Waals surface area (Å²) < 4.78 is 5.37. The molecule has 164 valence electrons. The van der Waals surface area contributed by atoms with E-state index in [0.29, 0.717) is 32.8 Å². The molecule has 0 aromatic heterocycles. The summed E-state index contributed by atoms with van der Waals surface area (Å²) in [7, 11) is 0. The number of Topliss-reactive ketones (excluding diaryl/α,β-unsaturated/α-hetero) is 1. The molecule has 0 fully saturated rings. The molecule has 0 saturated heterocycles. The van der Waals surface area contributed by atoms with Gasteiger partial charge in [0.1, 0.15) is 0 Å². The van der Waals surface area contributed by atoms with Gasteiger partial charge in [0.05, 0.1) is 12.2 Å². The molecule has 4 rings (SSSR count). The highest BCUT2D eigenvalue weighted by molar-refractivity contribution is 6.33. The molecule has 0 spiro atoms. The lowest BCUT2D eigenvalue weighted by molar-refractivity contribution is 0.0527. The van der Waals surface area contributed by atoms with Crippen molar-refractivity contribution in [1.29, 1.82) is 0 Å². The molecule has 0 heterocycles. The second-order valence-electron chi connectivity index (χ2n) is 7.61. The highest BCUT2D eigenvalue weighted by Gasteiger charge is 2.23. The molecule has 4 heteroatoms. The lowest BCUT2D eigenvalue weighted by Crippen LogP contribution is -2.09. The molecular weight excluding hydrogens is 432 g/mol. The number of carbonyl (C=O) groups is 2. The maximum atomic E-state index is 13.0. The normalized spacial score (nSPS) is 10.6. The number of halogens is 1. The van der Waals surface area contributed by atoms with E-state index in [9.17, 15) is 9.59 Å². The number of hydrogen-bond acceptors (Lipinski definition) is 3. The van der Waals surface area contributed by atoms with Gasteiger partial charge in [-0.05, 0) is 59.9 Å². The molecule has 0 N–H and O–H groups in total. The minimum atomic E-state index is -0.457. The van der Waals surface area contributed by atoms with Crippen LogP contribution in [0.3, 0.4) is 0 Å². The first kappa shape index (κ1) is 22.5. The fraction of sp³-hybridized carbons (Fsp3) is 0.103. The maximum Gasteiger partial charge on any atom is 0.338 e. The standard InChI is InChI=1S/C29H23ClO3/c1-3-33-29(32)27-18-25(22-14-8-7-13-21(22)20-11-5-4-6-12-20)24(19(2)31)17-26(27)23-15-9-10-16-28(23)30/h4-18H,3H2,1-2H3. The number of ether oxygens (including phenoxy) is 1. The van der Waals surface area contributed by atoms with Crippen LogP contribution in [0.5, 0.6) is 0 Å². The summed E-state index contributed by atoms with van der Waals surface area (Å²) in [6, 6.07) is 28.6. The van der Waals surface area contributed by atoms with Crippen molar-refractivity contribution in [3.8, 4) is 33.4 Å². The van der Waals surface area contributed by atoms with E-state index in [4.69, 9.17) is 16.3 Å². The second-order valence-corrected chi connectivity index (χ2v) is 8.02. The van der Waals surface area contributed by atoms with E-state index in [2.05, 4.69) is 0 Å². The van der Waals surface area contributed by atoms with Crippen LogP contribution in [0.1, 0.15) is 34.6 Å². The van der Waals surface area contributed by atoms with Crippen molar-refractivity contribution in [3.05, 3.63) is 107 Å². The highest BCUT2D eigenvalue weighted by Crippen LogP contribution is 2.39. The van der Waals surface area contributed by atoms with E-state index in [1.807, 2.05) is 72.8 Å². The van der Waals surface area contributed by atoms with Crippen LogP contribution >= 0.6 is 11.6 Å². The third kappa shape index (κ3) is 4.59. The van der Waals surface area contributed by atoms with Gasteiger partial charge in [-0.2, -0.15) is 0 Å². The quantitative estimate of drug-likeness (QED) is 0.221. The summed E-state index contributed by atoms with van der Waals surface area (Å²) in [6.07, 6.45) is 0. The Labute approximate surface area is 198 Å². The Morgan fingerprint density at radius 1 is 0.697 bits per heavy atom. The lowest BCUT2D eigenvalue weighted by Gasteiger charge is -2.18. The topological polar surface area (TPSA) is 43.4 Å². The van der Waals surface area contributed by atoms with Gasteiger partial charge in [0.25, 0.3) is 0 Å². The lowest BCUT2D eigenvalue weighted by atomic mass is 9.86. The van der Waals surface area contributed by atoms with Crippen molar-refractivity contribution >= 4 is 23.4 Å². The molecule has 0 radical (unpaired) electrons. The van der Waals surface area contributed by atoms with E-state index in [0.717, 1.165) is 16.7 Å². The van der Waals surface area contributed by atoms with Crippen LogP contribution < -0.4 is 0 Å². The Bertz CT molecular complexity index is 1330. The first-order valence-electron chi connectivity index (χ1n) is 10.8. The predicted molar refractivity (Wildman–Crippen MR) is 134 cm³/mol. The average Bonchev–Trinajstić information content (AvgIpc) is 2.84. The van der Waals surface area contributed by atoms with Crippen molar-refractivity contribution in [2.75, 3.05) is 6.61 Å². The molecule has 0 aliphatic heterocycles. The number of rotatable bonds is 6. The molecule has 4 aromatic carbocycles. The molecule has 0 amide bonds. The number of hydrogen-bond donors (Lipinski definition) is 0. The minimum Gasteiger partial charge on any atom is -0.462 e. The Kier molecular flexibility index (Phi) is 6.71. The highest BCUT2D eigenvalue weighted by atomic mass is 35.5. The third-order valence-electron chi connectivity index (χ3n) is 5.50. The van der Waals surface area contributed by atoms with Crippen LogP contribution in [-0.2, 0) is 4.74 Å². The summed E-state index contributed by atoms with van der Waals surface area (Å²) in [6.45, 7) is 3.54. The summed E-state index contributed by atoms with van der Waals surface area (Å²) in [4.78, 5) is 25.8. The van der Waals surface area contributed by atoms with Crippen LogP contribution in [0.25, 0.3) is 33.4 Å². The fourth-order valence-electron chi connectivity index (χ4n) is 3.98. The van der Waals surface area contributed by atoms with Gasteiger partial charge in [0.2, 0.25) is 0 Å². The van der Waals surface area contributed by atoms with Gasteiger partial charge >= 0.3 is 5.97 Å². The van der Waals surface area contributed by atoms with Gasteiger partial charge in [-0.15, -0.1) is 0 Å². The molecule has 0 aliphatic carbocycles. The van der Waals surface area contributed by atoms with Gasteiger partial charge in [-0.25, -0.2) is 4.79 Å². The first-order valence-corrected chi connectivity index (χ1v) is 11.1. The van der Waals surface area contributed by atoms with Gasteiger partial charge in [0.15, 0.2) is 5.78 Å². The SMILES string of the molecule is CCOC(=O)c1cc(-c2ccccc2-c2ccccc2)c(C(C)=O)cc1-c1ccccc1Cl. The van der Waals surface area contributed by atoms with Gasteiger partial charge < -0.3 is 4.74 Å². The zero-order valence-corrected chi connectivity index (χ0v) is 19.2. The Morgan fingerprint density at radius 3 is 1.88 bits per heavy atom. The number of esters is 1. The molecule has 33 heavy (non-hydrogen) atoms. The Morgan fingerprint density at radius 2 is 1.24 bits per heavy atom. The van der Waals surface area contributed by atoms with Crippen LogP contribution in [0, 0.1) is 0 Å². The summed E-state index contributed by atoms with van der Waals surface area (Å²) in [5.74, 6) is -0.558. The van der Waals surface area contributed by atoms with Crippen LogP contribution in [0.15, 0.2) is 91.0 Å². The van der Waals surface area contributed by atoms with E-state index < -0.39 is 5.97 Å². The van der Waals surface area contributed by atoms with E-state index in [1.165, 1.54) is 6.92 Å². The summed E-state index contributed by atoms with van der Waals surface area (Å²) >= 11 is 6.47. The molecule has 0 aliphatic rings. The van der Waals surface area contributed by atoms with Crippen molar-refractivity contribution in [2.24, 2.45) is 0 Å². The smallest absolute Gasteiger partial charge is 0.338 e. The molecule has 0 saturated carbocycles. The van der Waals surface area contributed by atoms with Gasteiger partial charge in [-0.1, -0.05) is 84.4 Å². The van der Waals surface area contributed by atoms with Crippen molar-refractivity contribution in [1.82, 2.24) is 0 Å². The van der Waals surface area contributed by atoms with Gasteiger partial charge in [0, 0.05) is 16.1 Å². The third-order valence-corrected chi connectivity index (χ3v) is 5.83. The van der Waals surface area contributed by atoms with Crippen molar-refractivity contribution in [3.63, 3.8) is 0 Å². The van der Waals surface area contributed by atoms with Crippen molar-refractivity contribution in [2.45, 2.75) is 13.8 Å². The largest absolute Gasteiger partial charge is 0.462 e. The predicted octanol–water partition coefficient (Wildman–Crippen LogP) is 7.72.